The van der Waals surface area contributed by atoms with Gasteiger partial charge in [0.15, 0.2) is 5.82 Å². The van der Waals surface area contributed by atoms with Gasteiger partial charge in [-0.25, -0.2) is 14.1 Å². The van der Waals surface area contributed by atoms with Crippen LogP contribution in [0.4, 0.5) is 4.39 Å². The molecule has 5 heteroatoms. The quantitative estimate of drug-likeness (QED) is 0.836. The summed E-state index contributed by atoms with van der Waals surface area (Å²) in [6, 6.07) is 6.66. The molecule has 4 nitrogen and oxygen atoms in total. The maximum absolute atomic E-state index is 13.7. The lowest BCUT2D eigenvalue weighted by atomic mass is 9.98. The van der Waals surface area contributed by atoms with Crippen LogP contribution in [-0.2, 0) is 6.54 Å². The van der Waals surface area contributed by atoms with E-state index in [9.17, 15) is 4.39 Å². The summed E-state index contributed by atoms with van der Waals surface area (Å²) < 4.78 is 15.5. The monoisotopic (exact) mass is 246 g/mol. The molecule has 1 aromatic carbocycles. The van der Waals surface area contributed by atoms with E-state index in [2.05, 4.69) is 17.0 Å². The molecular formula is C13H15FN4. The summed E-state index contributed by atoms with van der Waals surface area (Å²) in [6.07, 6.45) is 0.898. The van der Waals surface area contributed by atoms with Crippen molar-refractivity contribution in [3.63, 3.8) is 0 Å². The molecule has 1 aliphatic heterocycles. The molecule has 2 unspecified atom stereocenters. The smallest absolute Gasteiger partial charge is 0.184 e. The van der Waals surface area contributed by atoms with Gasteiger partial charge < -0.3 is 5.73 Å². The molecule has 0 spiro atoms. The van der Waals surface area contributed by atoms with Crippen molar-refractivity contribution in [1.29, 1.82) is 0 Å². The predicted octanol–water partition coefficient (Wildman–Crippen LogP) is 1.92. The Morgan fingerprint density at radius 2 is 2.17 bits per heavy atom. The van der Waals surface area contributed by atoms with Crippen LogP contribution in [0.2, 0.25) is 0 Å². The SMILES string of the molecule is CC1CC(N)Cn2nc(-c3ccccc3F)nc21. The third-order valence-corrected chi connectivity index (χ3v) is 3.32. The van der Waals surface area contributed by atoms with E-state index in [-0.39, 0.29) is 17.8 Å². The molecule has 1 aromatic heterocycles. The molecule has 2 heterocycles. The van der Waals surface area contributed by atoms with E-state index in [4.69, 9.17) is 5.73 Å². The van der Waals surface area contributed by atoms with Crippen LogP contribution in [0.3, 0.4) is 0 Å². The van der Waals surface area contributed by atoms with E-state index >= 15 is 0 Å². The molecule has 2 aromatic rings. The lowest BCUT2D eigenvalue weighted by Gasteiger charge is -2.23. The lowest BCUT2D eigenvalue weighted by Crippen LogP contribution is -2.34. The third-order valence-electron chi connectivity index (χ3n) is 3.32. The lowest BCUT2D eigenvalue weighted by molar-refractivity contribution is 0.382. The molecule has 0 aliphatic carbocycles. The fraction of sp³-hybridized carbons (Fsp3) is 0.385. The Labute approximate surface area is 105 Å². The molecule has 18 heavy (non-hydrogen) atoms. The summed E-state index contributed by atoms with van der Waals surface area (Å²) >= 11 is 0. The first-order valence-corrected chi connectivity index (χ1v) is 6.10. The highest BCUT2D eigenvalue weighted by atomic mass is 19.1. The van der Waals surface area contributed by atoms with Crippen LogP contribution in [-0.4, -0.2) is 20.8 Å². The van der Waals surface area contributed by atoms with Crippen molar-refractivity contribution in [1.82, 2.24) is 14.8 Å². The Morgan fingerprint density at radius 1 is 1.39 bits per heavy atom. The van der Waals surface area contributed by atoms with Crippen LogP contribution >= 0.6 is 0 Å². The highest BCUT2D eigenvalue weighted by Gasteiger charge is 2.26. The summed E-state index contributed by atoms with van der Waals surface area (Å²) in [5, 5.41) is 4.37. The third kappa shape index (κ3) is 1.80. The Bertz CT molecular complexity index is 578. The zero-order valence-corrected chi connectivity index (χ0v) is 10.2. The molecule has 94 valence electrons. The van der Waals surface area contributed by atoms with Crippen LogP contribution in [0.25, 0.3) is 11.4 Å². The van der Waals surface area contributed by atoms with E-state index in [1.54, 1.807) is 22.9 Å². The van der Waals surface area contributed by atoms with Crippen LogP contribution in [0.15, 0.2) is 24.3 Å². The van der Waals surface area contributed by atoms with Gasteiger partial charge in [-0.1, -0.05) is 19.1 Å². The molecule has 0 radical (unpaired) electrons. The number of hydrogen-bond donors (Lipinski definition) is 1. The number of nitrogens with two attached hydrogens (primary N) is 1. The van der Waals surface area contributed by atoms with Gasteiger partial charge in [0.25, 0.3) is 0 Å². The first-order valence-electron chi connectivity index (χ1n) is 6.10. The molecule has 2 N–H and O–H groups in total. The Balaban J connectivity index is 2.06. The molecule has 0 amide bonds. The van der Waals surface area contributed by atoms with E-state index < -0.39 is 0 Å². The summed E-state index contributed by atoms with van der Waals surface area (Å²) in [4.78, 5) is 4.45. The largest absolute Gasteiger partial charge is 0.326 e. The maximum atomic E-state index is 13.7. The van der Waals surface area contributed by atoms with Crippen molar-refractivity contribution in [2.24, 2.45) is 5.73 Å². The minimum Gasteiger partial charge on any atom is -0.326 e. The van der Waals surface area contributed by atoms with Crippen molar-refractivity contribution in [2.45, 2.75) is 31.8 Å². The van der Waals surface area contributed by atoms with Gasteiger partial charge in [-0.2, -0.15) is 5.10 Å². The van der Waals surface area contributed by atoms with Crippen molar-refractivity contribution >= 4 is 0 Å². The topological polar surface area (TPSA) is 56.7 Å². The van der Waals surface area contributed by atoms with Gasteiger partial charge in [0, 0.05) is 12.0 Å². The first kappa shape index (κ1) is 11.3. The van der Waals surface area contributed by atoms with Crippen molar-refractivity contribution in [2.75, 3.05) is 0 Å². The van der Waals surface area contributed by atoms with Crippen molar-refractivity contribution in [3.8, 4) is 11.4 Å². The minimum absolute atomic E-state index is 0.0997. The molecule has 0 fully saturated rings. The summed E-state index contributed by atoms with van der Waals surface area (Å²) in [7, 11) is 0. The summed E-state index contributed by atoms with van der Waals surface area (Å²) in [5.74, 6) is 1.32. The fourth-order valence-corrected chi connectivity index (χ4v) is 2.47. The first-order chi connectivity index (χ1) is 8.65. The van der Waals surface area contributed by atoms with E-state index in [0.29, 0.717) is 17.9 Å². The second-order valence-corrected chi connectivity index (χ2v) is 4.85. The van der Waals surface area contributed by atoms with Gasteiger partial charge in [-0.3, -0.25) is 0 Å². The zero-order valence-electron chi connectivity index (χ0n) is 10.2. The maximum Gasteiger partial charge on any atom is 0.184 e. The predicted molar refractivity (Wildman–Crippen MR) is 66.4 cm³/mol. The summed E-state index contributed by atoms with van der Waals surface area (Å²) in [6.45, 7) is 2.73. The number of benzene rings is 1. The number of halogens is 1. The van der Waals surface area contributed by atoms with Crippen LogP contribution < -0.4 is 5.73 Å². The minimum atomic E-state index is -0.294. The Kier molecular flexibility index (Phi) is 2.63. The van der Waals surface area contributed by atoms with E-state index in [1.165, 1.54) is 6.07 Å². The molecule has 0 saturated carbocycles. The van der Waals surface area contributed by atoms with Gasteiger partial charge in [-0.15, -0.1) is 0 Å². The highest BCUT2D eigenvalue weighted by molar-refractivity contribution is 5.55. The molecule has 1 aliphatic rings. The number of rotatable bonds is 1. The Morgan fingerprint density at radius 3 is 2.94 bits per heavy atom. The van der Waals surface area contributed by atoms with Crippen molar-refractivity contribution < 1.29 is 4.39 Å². The van der Waals surface area contributed by atoms with Crippen LogP contribution in [0, 0.1) is 5.82 Å². The van der Waals surface area contributed by atoms with Crippen molar-refractivity contribution in [3.05, 3.63) is 35.9 Å². The summed E-state index contributed by atoms with van der Waals surface area (Å²) in [5.41, 5.74) is 6.40. The van der Waals surface area contributed by atoms with Gasteiger partial charge in [0.2, 0.25) is 0 Å². The fourth-order valence-electron chi connectivity index (χ4n) is 2.47. The van der Waals surface area contributed by atoms with Crippen LogP contribution in [0.1, 0.15) is 25.1 Å². The van der Waals surface area contributed by atoms with E-state index in [1.807, 2.05) is 0 Å². The number of hydrogen-bond acceptors (Lipinski definition) is 3. The average molecular weight is 246 g/mol. The van der Waals surface area contributed by atoms with E-state index in [0.717, 1.165) is 12.2 Å². The molecule has 0 saturated heterocycles. The van der Waals surface area contributed by atoms with Crippen LogP contribution in [0.5, 0.6) is 0 Å². The number of nitrogens with zero attached hydrogens (tertiary/aromatic N) is 3. The van der Waals surface area contributed by atoms with Gasteiger partial charge in [0.1, 0.15) is 11.6 Å². The number of aromatic nitrogens is 3. The number of fused-ring (bicyclic) bond motifs is 1. The molecule has 2 atom stereocenters. The second-order valence-electron chi connectivity index (χ2n) is 4.85. The standard InChI is InChI=1S/C13H15FN4/c1-8-6-9(15)7-18-13(8)16-12(17-18)10-4-2-3-5-11(10)14/h2-5,8-9H,6-7,15H2,1H3. The van der Waals surface area contributed by atoms with Gasteiger partial charge in [0.05, 0.1) is 12.1 Å². The molecule has 3 rings (SSSR count). The highest BCUT2D eigenvalue weighted by Crippen LogP contribution is 2.27. The average Bonchev–Trinajstić information content (AvgIpc) is 2.73. The second kappa shape index (κ2) is 4.17. The molecule has 0 bridgehead atoms. The van der Waals surface area contributed by atoms with Gasteiger partial charge >= 0.3 is 0 Å². The normalized spacial score (nSPS) is 22.8. The zero-order chi connectivity index (χ0) is 12.7. The molecular weight excluding hydrogens is 231 g/mol. The van der Waals surface area contributed by atoms with Gasteiger partial charge in [-0.05, 0) is 18.6 Å². The Hall–Kier alpha value is -1.75.